The Labute approximate surface area is 126 Å². The van der Waals surface area contributed by atoms with Gasteiger partial charge in [0.25, 0.3) is 0 Å². The first-order chi connectivity index (χ1) is 9.89. The van der Waals surface area contributed by atoms with Gasteiger partial charge in [-0.05, 0) is 32.4 Å². The number of carbonyl (C=O) groups excluding carboxylic acids is 1. The summed E-state index contributed by atoms with van der Waals surface area (Å²) in [5.41, 5.74) is 7.21. The van der Waals surface area contributed by atoms with E-state index in [1.165, 1.54) is 0 Å². The molecule has 1 heterocycles. The third-order valence-electron chi connectivity index (χ3n) is 3.52. The van der Waals surface area contributed by atoms with Gasteiger partial charge in [0.1, 0.15) is 0 Å². The van der Waals surface area contributed by atoms with E-state index in [0.29, 0.717) is 13.1 Å². The van der Waals surface area contributed by atoms with Crippen molar-refractivity contribution < 1.29 is 9.53 Å². The van der Waals surface area contributed by atoms with Gasteiger partial charge in [-0.15, -0.1) is 0 Å². The molecule has 116 valence electrons. The summed E-state index contributed by atoms with van der Waals surface area (Å²) in [4.78, 5) is 14.4. The van der Waals surface area contributed by atoms with E-state index in [1.807, 2.05) is 31.2 Å². The van der Waals surface area contributed by atoms with Gasteiger partial charge in [0.15, 0.2) is 0 Å². The zero-order valence-corrected chi connectivity index (χ0v) is 13.1. The molecule has 1 aromatic rings. The van der Waals surface area contributed by atoms with E-state index in [4.69, 9.17) is 10.5 Å². The molecule has 21 heavy (non-hydrogen) atoms. The lowest BCUT2D eigenvalue weighted by Crippen LogP contribution is -2.53. The number of nitrogens with zero attached hydrogens (tertiary/aromatic N) is 1. The van der Waals surface area contributed by atoms with Gasteiger partial charge in [0.05, 0.1) is 18.2 Å². The minimum absolute atomic E-state index is 0.0131. The average molecular weight is 291 g/mol. The molecule has 5 nitrogen and oxygen atoms in total. The summed E-state index contributed by atoms with van der Waals surface area (Å²) >= 11 is 0. The monoisotopic (exact) mass is 291 g/mol. The number of amides is 1. The molecular formula is C16H25N3O2. The fraction of sp³-hybridized carbons (Fsp3) is 0.562. The molecule has 3 N–H and O–H groups in total. The van der Waals surface area contributed by atoms with E-state index in [9.17, 15) is 4.79 Å². The number of benzene rings is 1. The Kier molecular flexibility index (Phi) is 4.98. The Bertz CT molecular complexity index is 502. The Morgan fingerprint density at radius 1 is 1.48 bits per heavy atom. The van der Waals surface area contributed by atoms with Crippen molar-refractivity contribution >= 4 is 11.6 Å². The van der Waals surface area contributed by atoms with Crippen LogP contribution in [0.5, 0.6) is 0 Å². The fourth-order valence-electron chi connectivity index (χ4n) is 2.92. The van der Waals surface area contributed by atoms with Gasteiger partial charge >= 0.3 is 0 Å². The van der Waals surface area contributed by atoms with Crippen LogP contribution in [0.3, 0.4) is 0 Å². The normalized spacial score (nSPS) is 22.0. The van der Waals surface area contributed by atoms with Crippen LogP contribution in [0, 0.1) is 0 Å². The number of morpholine rings is 1. The van der Waals surface area contributed by atoms with E-state index < -0.39 is 0 Å². The summed E-state index contributed by atoms with van der Waals surface area (Å²) in [7, 11) is 0. The van der Waals surface area contributed by atoms with Crippen LogP contribution < -0.4 is 11.1 Å². The fourth-order valence-corrected chi connectivity index (χ4v) is 2.92. The molecule has 1 aliphatic heterocycles. The van der Waals surface area contributed by atoms with Crippen molar-refractivity contribution in [3.63, 3.8) is 0 Å². The van der Waals surface area contributed by atoms with E-state index >= 15 is 0 Å². The highest BCUT2D eigenvalue weighted by Crippen LogP contribution is 2.21. The van der Waals surface area contributed by atoms with Crippen LogP contribution in [0.15, 0.2) is 24.3 Å². The standard InChI is InChI=1S/C16H25N3O2/c1-12-9-19(11-16(2,3)21-12)10-15(20)18-14-7-5-4-6-13(14)8-17/h4-7,12H,8-11,17H2,1-3H3,(H,18,20). The van der Waals surface area contributed by atoms with Crippen LogP contribution in [0.1, 0.15) is 26.3 Å². The number of nitrogens with two attached hydrogens (primary N) is 1. The Balaban J connectivity index is 1.95. The molecule has 1 aromatic carbocycles. The lowest BCUT2D eigenvalue weighted by Gasteiger charge is -2.41. The SMILES string of the molecule is CC1CN(CC(=O)Nc2ccccc2CN)CC(C)(C)O1. The second-order valence-electron chi connectivity index (χ2n) is 6.27. The maximum Gasteiger partial charge on any atom is 0.238 e. The summed E-state index contributed by atoms with van der Waals surface area (Å²) in [6.45, 7) is 8.46. The molecule has 0 aliphatic carbocycles. The van der Waals surface area contributed by atoms with Crippen LogP contribution in [-0.2, 0) is 16.1 Å². The number of hydrogen-bond donors (Lipinski definition) is 2. The van der Waals surface area contributed by atoms with E-state index in [2.05, 4.69) is 24.1 Å². The Morgan fingerprint density at radius 3 is 2.86 bits per heavy atom. The Morgan fingerprint density at radius 2 is 2.19 bits per heavy atom. The predicted molar refractivity (Wildman–Crippen MR) is 84.0 cm³/mol. The van der Waals surface area contributed by atoms with E-state index in [0.717, 1.165) is 24.3 Å². The van der Waals surface area contributed by atoms with Gasteiger partial charge in [0.2, 0.25) is 5.91 Å². The summed E-state index contributed by atoms with van der Waals surface area (Å²) in [6.07, 6.45) is 0.137. The molecule has 1 fully saturated rings. The van der Waals surface area contributed by atoms with Gasteiger partial charge in [-0.1, -0.05) is 18.2 Å². The molecule has 0 saturated carbocycles. The van der Waals surface area contributed by atoms with E-state index in [-0.39, 0.29) is 17.6 Å². The van der Waals surface area contributed by atoms with Crippen molar-refractivity contribution in [2.75, 3.05) is 25.0 Å². The molecule has 0 bridgehead atoms. The third kappa shape index (κ3) is 4.52. The van der Waals surface area contributed by atoms with Crippen LogP contribution in [-0.4, -0.2) is 42.1 Å². The third-order valence-corrected chi connectivity index (χ3v) is 3.52. The largest absolute Gasteiger partial charge is 0.370 e. The molecule has 1 unspecified atom stereocenters. The zero-order valence-electron chi connectivity index (χ0n) is 13.1. The van der Waals surface area contributed by atoms with Crippen molar-refractivity contribution in [1.29, 1.82) is 0 Å². The summed E-state index contributed by atoms with van der Waals surface area (Å²) < 4.78 is 5.85. The molecule has 0 spiro atoms. The highest BCUT2D eigenvalue weighted by atomic mass is 16.5. The molecule has 2 rings (SSSR count). The van der Waals surface area contributed by atoms with Crippen molar-refractivity contribution in [1.82, 2.24) is 4.90 Å². The van der Waals surface area contributed by atoms with Gasteiger partial charge in [0, 0.05) is 25.3 Å². The molecule has 0 aromatic heterocycles. The number of nitrogens with one attached hydrogen (secondary N) is 1. The lowest BCUT2D eigenvalue weighted by atomic mass is 10.1. The van der Waals surface area contributed by atoms with E-state index in [1.54, 1.807) is 0 Å². The Hall–Kier alpha value is -1.43. The number of rotatable bonds is 4. The molecule has 1 saturated heterocycles. The van der Waals surface area contributed by atoms with Gasteiger partial charge < -0.3 is 15.8 Å². The summed E-state index contributed by atoms with van der Waals surface area (Å²) in [6, 6.07) is 7.63. The number of anilines is 1. The van der Waals surface area contributed by atoms with Crippen LogP contribution in [0.25, 0.3) is 0 Å². The lowest BCUT2D eigenvalue weighted by molar-refractivity contribution is -0.136. The highest BCUT2D eigenvalue weighted by Gasteiger charge is 2.31. The summed E-state index contributed by atoms with van der Waals surface area (Å²) in [5, 5.41) is 2.95. The maximum atomic E-state index is 12.2. The first kappa shape index (κ1) is 15.9. The topological polar surface area (TPSA) is 67.6 Å². The van der Waals surface area contributed by atoms with Crippen molar-refractivity contribution in [2.45, 2.75) is 39.0 Å². The maximum absolute atomic E-state index is 12.2. The quantitative estimate of drug-likeness (QED) is 0.884. The molecular weight excluding hydrogens is 266 g/mol. The van der Waals surface area contributed by atoms with Crippen molar-refractivity contribution in [2.24, 2.45) is 5.73 Å². The first-order valence-corrected chi connectivity index (χ1v) is 7.37. The van der Waals surface area contributed by atoms with Crippen molar-refractivity contribution in [3.05, 3.63) is 29.8 Å². The number of hydrogen-bond acceptors (Lipinski definition) is 4. The molecule has 1 atom stereocenters. The molecule has 1 amide bonds. The average Bonchev–Trinajstić information content (AvgIpc) is 2.36. The number of para-hydroxylation sites is 1. The van der Waals surface area contributed by atoms with Crippen molar-refractivity contribution in [3.8, 4) is 0 Å². The highest BCUT2D eigenvalue weighted by molar-refractivity contribution is 5.93. The minimum atomic E-state index is -0.215. The van der Waals surface area contributed by atoms with Gasteiger partial charge in [-0.3, -0.25) is 9.69 Å². The van der Waals surface area contributed by atoms with Crippen LogP contribution in [0.2, 0.25) is 0 Å². The first-order valence-electron chi connectivity index (χ1n) is 7.37. The van der Waals surface area contributed by atoms with Crippen LogP contribution >= 0.6 is 0 Å². The second-order valence-corrected chi connectivity index (χ2v) is 6.27. The smallest absolute Gasteiger partial charge is 0.238 e. The molecule has 0 radical (unpaired) electrons. The molecule has 1 aliphatic rings. The minimum Gasteiger partial charge on any atom is -0.370 e. The van der Waals surface area contributed by atoms with Gasteiger partial charge in [-0.2, -0.15) is 0 Å². The second kappa shape index (κ2) is 6.56. The number of carbonyl (C=O) groups is 1. The molecule has 5 heteroatoms. The zero-order chi connectivity index (χ0) is 15.5. The predicted octanol–water partition coefficient (Wildman–Crippen LogP) is 1.58. The number of ether oxygens (including phenoxy) is 1. The van der Waals surface area contributed by atoms with Crippen LogP contribution in [0.4, 0.5) is 5.69 Å². The summed E-state index contributed by atoms with van der Waals surface area (Å²) in [5.74, 6) is -0.0131. The van der Waals surface area contributed by atoms with Gasteiger partial charge in [-0.25, -0.2) is 0 Å².